The SMILES string of the molecule is Cn1ncc(N2C[CH]CC2)c(Cl)c1=O. The van der Waals surface area contributed by atoms with Crippen LogP contribution in [0, 0.1) is 6.42 Å². The van der Waals surface area contributed by atoms with Crippen molar-refractivity contribution in [2.24, 2.45) is 7.05 Å². The second kappa shape index (κ2) is 3.61. The van der Waals surface area contributed by atoms with Gasteiger partial charge in [0.25, 0.3) is 5.56 Å². The van der Waals surface area contributed by atoms with Crippen LogP contribution in [0.3, 0.4) is 0 Å². The van der Waals surface area contributed by atoms with Crippen LogP contribution >= 0.6 is 11.6 Å². The molecule has 0 N–H and O–H groups in total. The van der Waals surface area contributed by atoms with Crippen molar-refractivity contribution in [1.82, 2.24) is 9.78 Å². The van der Waals surface area contributed by atoms with Crippen molar-refractivity contribution < 1.29 is 0 Å². The lowest BCUT2D eigenvalue weighted by Crippen LogP contribution is -2.26. The molecule has 1 aliphatic heterocycles. The molecule has 2 rings (SSSR count). The van der Waals surface area contributed by atoms with Gasteiger partial charge in [-0.25, -0.2) is 4.68 Å². The number of hydrogen-bond donors (Lipinski definition) is 0. The van der Waals surface area contributed by atoms with Gasteiger partial charge in [0.05, 0.1) is 11.9 Å². The zero-order chi connectivity index (χ0) is 10.1. The average molecular weight is 213 g/mol. The van der Waals surface area contributed by atoms with Crippen molar-refractivity contribution >= 4 is 17.3 Å². The van der Waals surface area contributed by atoms with Crippen LogP contribution in [-0.4, -0.2) is 22.9 Å². The molecule has 75 valence electrons. The molecule has 1 saturated heterocycles. The molecule has 5 heteroatoms. The second-order valence-corrected chi connectivity index (χ2v) is 3.67. The van der Waals surface area contributed by atoms with Crippen LogP contribution in [0.5, 0.6) is 0 Å². The first kappa shape index (κ1) is 9.52. The maximum Gasteiger partial charge on any atom is 0.287 e. The lowest BCUT2D eigenvalue weighted by Gasteiger charge is -2.17. The standard InChI is InChI=1S/C9H11ClN3O/c1-12-9(14)8(10)7(6-11-12)13-4-2-3-5-13/h2,6H,3-5H2,1H3. The van der Waals surface area contributed by atoms with E-state index in [1.54, 1.807) is 13.2 Å². The highest BCUT2D eigenvalue weighted by atomic mass is 35.5. The van der Waals surface area contributed by atoms with E-state index >= 15 is 0 Å². The Hall–Kier alpha value is -1.03. The number of aromatic nitrogens is 2. The molecule has 4 nitrogen and oxygen atoms in total. The Bertz CT molecular complexity index is 396. The van der Waals surface area contributed by atoms with Crippen molar-refractivity contribution in [3.05, 3.63) is 28.0 Å². The van der Waals surface area contributed by atoms with Gasteiger partial charge < -0.3 is 4.90 Å². The summed E-state index contributed by atoms with van der Waals surface area (Å²) in [5, 5.41) is 4.21. The Kier molecular flexibility index (Phi) is 2.46. The number of aryl methyl sites for hydroxylation is 1. The lowest BCUT2D eigenvalue weighted by molar-refractivity contribution is 0.704. The fourth-order valence-corrected chi connectivity index (χ4v) is 1.82. The van der Waals surface area contributed by atoms with E-state index in [0.717, 1.165) is 25.2 Å². The Morgan fingerprint density at radius 2 is 2.36 bits per heavy atom. The predicted octanol–water partition coefficient (Wildman–Crippen LogP) is 0.848. The minimum Gasteiger partial charge on any atom is -0.369 e. The Morgan fingerprint density at radius 1 is 1.57 bits per heavy atom. The summed E-state index contributed by atoms with van der Waals surface area (Å²) in [6, 6.07) is 0. The van der Waals surface area contributed by atoms with Crippen molar-refractivity contribution in [3.8, 4) is 0 Å². The summed E-state index contributed by atoms with van der Waals surface area (Å²) in [7, 11) is 1.59. The molecule has 1 radical (unpaired) electrons. The third-order valence-corrected chi connectivity index (χ3v) is 2.71. The summed E-state index contributed by atoms with van der Waals surface area (Å²) >= 11 is 5.95. The number of nitrogens with zero attached hydrogens (tertiary/aromatic N) is 3. The first-order chi connectivity index (χ1) is 6.70. The average Bonchev–Trinajstić information content (AvgIpc) is 2.67. The predicted molar refractivity (Wildman–Crippen MR) is 55.6 cm³/mol. The number of hydrogen-bond acceptors (Lipinski definition) is 3. The van der Waals surface area contributed by atoms with E-state index in [2.05, 4.69) is 16.4 Å². The number of rotatable bonds is 1. The van der Waals surface area contributed by atoms with Crippen LogP contribution in [-0.2, 0) is 7.05 Å². The fourth-order valence-electron chi connectivity index (χ4n) is 1.53. The Labute approximate surface area is 87.1 Å². The molecule has 0 spiro atoms. The molecule has 2 heterocycles. The molecule has 0 aromatic carbocycles. The summed E-state index contributed by atoms with van der Waals surface area (Å²) < 4.78 is 1.24. The maximum absolute atomic E-state index is 11.5. The molecule has 1 aliphatic rings. The van der Waals surface area contributed by atoms with Gasteiger partial charge in [-0.05, 0) is 12.8 Å². The van der Waals surface area contributed by atoms with Crippen LogP contribution in [0.2, 0.25) is 5.02 Å². The molecule has 1 aromatic heterocycles. The van der Waals surface area contributed by atoms with Crippen molar-refractivity contribution in [2.75, 3.05) is 18.0 Å². The van der Waals surface area contributed by atoms with Crippen LogP contribution < -0.4 is 10.5 Å². The van der Waals surface area contributed by atoms with E-state index in [4.69, 9.17) is 11.6 Å². The summed E-state index contributed by atoms with van der Waals surface area (Å²) in [6.45, 7) is 1.75. The summed E-state index contributed by atoms with van der Waals surface area (Å²) in [4.78, 5) is 13.5. The van der Waals surface area contributed by atoms with Gasteiger partial charge >= 0.3 is 0 Å². The molecule has 0 saturated carbocycles. The minimum absolute atomic E-state index is 0.240. The van der Waals surface area contributed by atoms with Gasteiger partial charge in [-0.3, -0.25) is 4.79 Å². The monoisotopic (exact) mass is 212 g/mol. The van der Waals surface area contributed by atoms with Crippen molar-refractivity contribution in [3.63, 3.8) is 0 Å². The molecule has 14 heavy (non-hydrogen) atoms. The first-order valence-corrected chi connectivity index (χ1v) is 4.86. The quantitative estimate of drug-likeness (QED) is 0.693. The highest BCUT2D eigenvalue weighted by molar-refractivity contribution is 6.33. The maximum atomic E-state index is 11.5. The molecular weight excluding hydrogens is 202 g/mol. The van der Waals surface area contributed by atoms with Gasteiger partial charge in [0.15, 0.2) is 0 Å². The van der Waals surface area contributed by atoms with E-state index < -0.39 is 0 Å². The zero-order valence-corrected chi connectivity index (χ0v) is 8.66. The molecule has 0 aliphatic carbocycles. The van der Waals surface area contributed by atoms with Crippen LogP contribution in [0.15, 0.2) is 11.0 Å². The number of anilines is 1. The van der Waals surface area contributed by atoms with Gasteiger partial charge in [-0.1, -0.05) is 11.6 Å². The fraction of sp³-hybridized carbons (Fsp3) is 0.444. The topological polar surface area (TPSA) is 38.1 Å². The Morgan fingerprint density at radius 3 is 3.00 bits per heavy atom. The number of halogens is 1. The second-order valence-electron chi connectivity index (χ2n) is 3.30. The van der Waals surface area contributed by atoms with E-state index in [0.29, 0.717) is 0 Å². The van der Waals surface area contributed by atoms with E-state index in [1.807, 2.05) is 0 Å². The minimum atomic E-state index is -0.240. The lowest BCUT2D eigenvalue weighted by atomic mass is 10.4. The van der Waals surface area contributed by atoms with Gasteiger partial charge in [0.2, 0.25) is 0 Å². The van der Waals surface area contributed by atoms with Gasteiger partial charge in [0, 0.05) is 20.1 Å². The van der Waals surface area contributed by atoms with Crippen LogP contribution in [0.4, 0.5) is 5.69 Å². The summed E-state index contributed by atoms with van der Waals surface area (Å²) in [5.74, 6) is 0. The molecule has 1 aromatic rings. The third kappa shape index (κ3) is 1.50. The van der Waals surface area contributed by atoms with E-state index in [1.165, 1.54) is 4.68 Å². The van der Waals surface area contributed by atoms with E-state index in [-0.39, 0.29) is 10.6 Å². The zero-order valence-electron chi connectivity index (χ0n) is 7.90. The molecule has 0 amide bonds. The highest BCUT2D eigenvalue weighted by Gasteiger charge is 2.17. The van der Waals surface area contributed by atoms with Crippen LogP contribution in [0.25, 0.3) is 0 Å². The molecule has 0 unspecified atom stereocenters. The van der Waals surface area contributed by atoms with Gasteiger partial charge in [-0.2, -0.15) is 5.10 Å². The molecule has 0 bridgehead atoms. The summed E-state index contributed by atoms with van der Waals surface area (Å²) in [6.07, 6.45) is 4.84. The van der Waals surface area contributed by atoms with Gasteiger partial charge in [-0.15, -0.1) is 0 Å². The normalized spacial score (nSPS) is 16.3. The van der Waals surface area contributed by atoms with Crippen molar-refractivity contribution in [1.29, 1.82) is 0 Å². The highest BCUT2D eigenvalue weighted by Crippen LogP contribution is 2.23. The molecule has 0 atom stereocenters. The smallest absolute Gasteiger partial charge is 0.287 e. The van der Waals surface area contributed by atoms with Gasteiger partial charge in [0.1, 0.15) is 5.02 Å². The van der Waals surface area contributed by atoms with E-state index in [9.17, 15) is 4.79 Å². The largest absolute Gasteiger partial charge is 0.369 e. The van der Waals surface area contributed by atoms with Crippen molar-refractivity contribution in [2.45, 2.75) is 6.42 Å². The first-order valence-electron chi connectivity index (χ1n) is 4.48. The van der Waals surface area contributed by atoms with Crippen LogP contribution in [0.1, 0.15) is 6.42 Å². The molecule has 1 fully saturated rings. The summed E-state index contributed by atoms with van der Waals surface area (Å²) in [5.41, 5.74) is 0.500. The molecular formula is C9H11ClN3O. The Balaban J connectivity index is 2.43. The third-order valence-electron chi connectivity index (χ3n) is 2.35.